The van der Waals surface area contributed by atoms with Crippen molar-refractivity contribution in [1.82, 2.24) is 9.88 Å². The predicted octanol–water partition coefficient (Wildman–Crippen LogP) is 6.89. The number of aromatic hydroxyl groups is 2. The summed E-state index contributed by atoms with van der Waals surface area (Å²) in [6.07, 6.45) is 4.47. The Kier molecular flexibility index (Phi) is 14.5. The van der Waals surface area contributed by atoms with Crippen LogP contribution >= 0.6 is 0 Å². The number of phenolic OH excluding ortho intramolecular Hbond substituents is 2. The lowest BCUT2D eigenvalue weighted by atomic mass is 9.78. The average Bonchev–Trinajstić information content (AvgIpc) is 3.56. The minimum absolute atomic E-state index is 0.0161. The van der Waals surface area contributed by atoms with Gasteiger partial charge in [-0.25, -0.2) is 4.98 Å². The van der Waals surface area contributed by atoms with Crippen molar-refractivity contribution in [3.8, 4) is 28.7 Å². The number of esters is 1. The smallest absolute Gasteiger partial charge is 0.302 e. The molecule has 2 aromatic rings. The molecule has 0 unspecified atom stereocenters. The number of nitrogens with zero attached hydrogens (tertiary/aromatic N) is 3. The first kappa shape index (κ1) is 50.1. The van der Waals surface area contributed by atoms with Crippen molar-refractivity contribution in [2.24, 2.45) is 29.6 Å². The molecule has 0 saturated carbocycles. The minimum Gasteiger partial charge on any atom is -0.507 e. The third-order valence-corrected chi connectivity index (χ3v) is 14.1. The molecule has 0 radical (unpaired) electrons. The van der Waals surface area contributed by atoms with Gasteiger partial charge in [-0.05, 0) is 26.7 Å². The monoisotopic (exact) mass is 938 g/mol. The number of piperazine rings is 1. The molecule has 1 aliphatic carbocycles. The van der Waals surface area contributed by atoms with E-state index in [1.54, 1.807) is 64.1 Å². The van der Waals surface area contributed by atoms with E-state index in [4.69, 9.17) is 23.6 Å². The number of aromatic nitrogens is 1. The van der Waals surface area contributed by atoms with Crippen LogP contribution in [0.15, 0.2) is 57.3 Å². The molecule has 16 heteroatoms. The van der Waals surface area contributed by atoms with E-state index >= 15 is 0 Å². The van der Waals surface area contributed by atoms with Crippen molar-refractivity contribution in [2.45, 2.75) is 106 Å². The van der Waals surface area contributed by atoms with Crippen molar-refractivity contribution >= 4 is 50.9 Å². The molecule has 16 nitrogen and oxygen atoms in total. The normalized spacial score (nSPS) is 29.6. The number of anilines is 2. The lowest BCUT2D eigenvalue weighted by molar-refractivity contribution is -0.160. The number of ether oxygens (including phenoxy) is 3. The van der Waals surface area contributed by atoms with Crippen molar-refractivity contribution in [3.63, 3.8) is 0 Å². The highest BCUT2D eigenvalue weighted by Gasteiger charge is 2.48. The van der Waals surface area contributed by atoms with Crippen molar-refractivity contribution in [1.29, 1.82) is 0 Å². The van der Waals surface area contributed by atoms with E-state index in [1.165, 1.54) is 34.0 Å². The van der Waals surface area contributed by atoms with E-state index in [1.807, 2.05) is 6.92 Å². The van der Waals surface area contributed by atoms with Gasteiger partial charge in [-0.3, -0.25) is 24.1 Å². The van der Waals surface area contributed by atoms with Gasteiger partial charge in [0, 0.05) is 111 Å². The molecule has 2 aromatic carbocycles. The number of rotatable bonds is 5. The number of methoxy groups -OCH3 is 1. The molecule has 4 bridgehead atoms. The quantitative estimate of drug-likeness (QED) is 0.0595. The standard InChI is InChI=1S/C52H66N4O12/c1-25(2)24-55-18-20-56(21-19-55)33-22-34(58)40-36(23-33)67-49-41(53-40)37-38-45(61)31(8)48-39(37)50(63)52(10,68-48)17-13-16-35(65-11)28(5)47(66-32(9)57)30(7)44(60)29(6)43(59)26(3)14-12-15-27(4)51(64)54-42(49)46(38)62/h12-16,22-23,25-26,28-30,35,43-44,47,58-61H,17-21,24H2,1-11H3,(H,54,64)/b14-12+,16-13+,27-15-/t26-,28+,29+,30+,35-,43-,44+,47+,52+/m0/s1. The first-order valence-electron chi connectivity index (χ1n) is 23.5. The SMILES string of the molecule is CO[C@H]1/C=C/C[C@@]2(C)Oc3c(C)c(O)c4c(=O)c(c5oc6cc(N7CCN(CC(C)C)CC7)cc(O)c6nc-5c4c3C2=O)NC(=O)/C(C)=C\C=C\[C@H](C)[C@H](O)[C@@H](C)[C@@H](O)[C@@H](C)[C@H](OC(C)=O)[C@@H]1C. The van der Waals surface area contributed by atoms with Crippen LogP contribution in [0.1, 0.15) is 84.7 Å². The van der Waals surface area contributed by atoms with E-state index in [0.717, 1.165) is 19.6 Å². The molecular weight excluding hydrogens is 873 g/mol. The molecule has 1 saturated heterocycles. The fourth-order valence-corrected chi connectivity index (χ4v) is 10.1. The molecule has 0 aromatic heterocycles. The Hall–Kier alpha value is -5.81. The molecule has 7 rings (SSSR count). The lowest BCUT2D eigenvalue weighted by Gasteiger charge is -2.38. The summed E-state index contributed by atoms with van der Waals surface area (Å²) in [7, 11) is 1.49. The number of hydrogen-bond donors (Lipinski definition) is 5. The molecule has 4 heterocycles. The fraction of sp³-hybridized carbons (Fsp3) is 0.519. The Labute approximate surface area is 396 Å². The van der Waals surface area contributed by atoms with Gasteiger partial charge in [0.25, 0.3) is 5.91 Å². The largest absolute Gasteiger partial charge is 0.507 e. The van der Waals surface area contributed by atoms with E-state index in [2.05, 4.69) is 29.0 Å². The molecule has 4 aliphatic heterocycles. The second-order valence-electron chi connectivity index (χ2n) is 19.7. The summed E-state index contributed by atoms with van der Waals surface area (Å²) in [4.78, 5) is 65.8. The van der Waals surface area contributed by atoms with Crippen LogP contribution in [-0.4, -0.2) is 118 Å². The van der Waals surface area contributed by atoms with Gasteiger partial charge in [0.15, 0.2) is 16.9 Å². The van der Waals surface area contributed by atoms with Crippen molar-refractivity contribution in [2.75, 3.05) is 50.1 Å². The predicted molar refractivity (Wildman–Crippen MR) is 260 cm³/mol. The van der Waals surface area contributed by atoms with Gasteiger partial charge >= 0.3 is 5.97 Å². The number of carbonyl (C=O) groups excluding carboxylic acids is 3. The zero-order chi connectivity index (χ0) is 49.7. The number of benzene rings is 3. The Morgan fingerprint density at radius 1 is 0.971 bits per heavy atom. The average molecular weight is 939 g/mol. The molecule has 5 N–H and O–H groups in total. The van der Waals surface area contributed by atoms with Gasteiger partial charge in [-0.1, -0.05) is 71.9 Å². The molecule has 68 heavy (non-hydrogen) atoms. The topological polar surface area (TPSA) is 221 Å². The van der Waals surface area contributed by atoms with Crippen molar-refractivity contribution < 1.29 is 53.4 Å². The third-order valence-electron chi connectivity index (χ3n) is 14.1. The van der Waals surface area contributed by atoms with Crippen molar-refractivity contribution in [3.05, 3.63) is 69.4 Å². The summed E-state index contributed by atoms with van der Waals surface area (Å²) in [5, 5.41) is 49.0. The second kappa shape index (κ2) is 19.7. The summed E-state index contributed by atoms with van der Waals surface area (Å²) in [6, 6.07) is 3.32. The van der Waals surface area contributed by atoms with Gasteiger partial charge in [0.05, 0.1) is 29.3 Å². The van der Waals surface area contributed by atoms with Gasteiger partial charge in [-0.15, -0.1) is 0 Å². The summed E-state index contributed by atoms with van der Waals surface area (Å²) in [5.74, 6) is -4.54. The number of hydrogen-bond acceptors (Lipinski definition) is 15. The summed E-state index contributed by atoms with van der Waals surface area (Å²) in [5.41, 5.74) is -1.80. The molecule has 0 spiro atoms. The van der Waals surface area contributed by atoms with Gasteiger partial charge in [0.2, 0.25) is 11.2 Å². The van der Waals surface area contributed by atoms with E-state index in [-0.39, 0.29) is 73.6 Å². The molecule has 5 aliphatic rings. The minimum atomic E-state index is -1.58. The zero-order valence-corrected chi connectivity index (χ0v) is 40.9. The number of aliphatic hydroxyl groups is 2. The number of fused-ring (bicyclic) bond motifs is 2. The number of amides is 1. The van der Waals surface area contributed by atoms with Gasteiger partial charge < -0.3 is 49.3 Å². The maximum absolute atomic E-state index is 14.9. The number of allylic oxidation sites excluding steroid dienone is 2. The van der Waals surface area contributed by atoms with Crippen LogP contribution < -0.4 is 20.4 Å². The second-order valence-corrected chi connectivity index (χ2v) is 19.7. The van der Waals surface area contributed by atoms with Crippen LogP contribution in [0.4, 0.5) is 11.4 Å². The summed E-state index contributed by atoms with van der Waals surface area (Å²) in [6.45, 7) is 21.3. The highest BCUT2D eigenvalue weighted by Crippen LogP contribution is 2.51. The number of Topliss-reactive ketones (excluding diaryl/α,β-unsaturated/α-hetero) is 1. The Bertz CT molecular complexity index is 2730. The Balaban J connectivity index is 1.42. The Morgan fingerprint density at radius 3 is 2.31 bits per heavy atom. The molecular formula is C52H66N4O12. The van der Waals surface area contributed by atoms with Gasteiger partial charge in [0.1, 0.15) is 40.3 Å². The lowest BCUT2D eigenvalue weighted by Crippen LogP contribution is -2.47. The first-order chi connectivity index (χ1) is 32.1. The molecule has 1 fully saturated rings. The highest BCUT2D eigenvalue weighted by molar-refractivity contribution is 6.23. The Morgan fingerprint density at radius 2 is 1.66 bits per heavy atom. The highest BCUT2D eigenvalue weighted by atomic mass is 16.5. The van der Waals surface area contributed by atoms with Crippen LogP contribution in [0.25, 0.3) is 33.3 Å². The van der Waals surface area contributed by atoms with E-state index in [9.17, 15) is 39.6 Å². The van der Waals surface area contributed by atoms with Crippen LogP contribution in [0, 0.1) is 36.5 Å². The van der Waals surface area contributed by atoms with Crippen LogP contribution in [0.5, 0.6) is 17.2 Å². The van der Waals surface area contributed by atoms with Gasteiger partial charge in [-0.2, -0.15) is 0 Å². The fourth-order valence-electron chi connectivity index (χ4n) is 10.1. The number of ketones is 1. The number of aliphatic hydroxyl groups excluding tert-OH is 2. The van der Waals surface area contributed by atoms with Crippen LogP contribution in [-0.2, 0) is 19.1 Å². The molecule has 9 atom stereocenters. The summed E-state index contributed by atoms with van der Waals surface area (Å²) < 4.78 is 24.7. The number of nitrogens with one attached hydrogen (secondary N) is 1. The van der Waals surface area contributed by atoms with Crippen LogP contribution in [0.3, 0.4) is 0 Å². The van der Waals surface area contributed by atoms with E-state index < -0.39 is 82.5 Å². The number of carbonyl (C=O) groups is 3. The van der Waals surface area contributed by atoms with E-state index in [0.29, 0.717) is 24.7 Å². The number of phenols is 2. The maximum Gasteiger partial charge on any atom is 0.302 e. The van der Waals surface area contributed by atoms with Crippen LogP contribution in [0.2, 0.25) is 0 Å². The molecule has 1 amide bonds. The summed E-state index contributed by atoms with van der Waals surface area (Å²) >= 11 is 0. The third kappa shape index (κ3) is 9.35. The zero-order valence-electron chi connectivity index (χ0n) is 40.9. The maximum atomic E-state index is 14.9. The first-order valence-corrected chi connectivity index (χ1v) is 23.5. The molecule has 366 valence electrons.